The zero-order chi connectivity index (χ0) is 14.7. The quantitative estimate of drug-likeness (QED) is 0.848. The van der Waals surface area contributed by atoms with Gasteiger partial charge in [0.05, 0.1) is 25.2 Å². The van der Waals surface area contributed by atoms with Crippen molar-refractivity contribution in [1.82, 2.24) is 4.90 Å². The van der Waals surface area contributed by atoms with Gasteiger partial charge >= 0.3 is 0 Å². The molecule has 1 aromatic carbocycles. The Hall–Kier alpha value is -1.59. The van der Waals surface area contributed by atoms with Gasteiger partial charge in [-0.05, 0) is 37.1 Å². The minimum atomic E-state index is -0.834. The molecule has 5 heteroatoms. The normalized spacial score (nSPS) is 22.1. The molecule has 5 nitrogen and oxygen atoms in total. The Morgan fingerprint density at radius 2 is 1.90 bits per heavy atom. The lowest BCUT2D eigenvalue weighted by molar-refractivity contribution is -0.131. The summed E-state index contributed by atoms with van der Waals surface area (Å²) >= 11 is 0. The fourth-order valence-electron chi connectivity index (χ4n) is 2.19. The summed E-state index contributed by atoms with van der Waals surface area (Å²) in [7, 11) is 0. The smallest absolute Gasteiger partial charge is 0.226 e. The summed E-state index contributed by atoms with van der Waals surface area (Å²) in [4.78, 5) is 13.3. The first-order chi connectivity index (χ1) is 9.47. The number of amides is 1. The molecule has 20 heavy (non-hydrogen) atoms. The van der Waals surface area contributed by atoms with Gasteiger partial charge in [-0.25, -0.2) is 0 Å². The Balaban J connectivity index is 1.78. The maximum Gasteiger partial charge on any atom is 0.226 e. The first kappa shape index (κ1) is 14.8. The van der Waals surface area contributed by atoms with Gasteiger partial charge in [0.15, 0.2) is 0 Å². The van der Waals surface area contributed by atoms with Crippen molar-refractivity contribution in [3.8, 4) is 5.75 Å². The molecule has 1 amide bonds. The molecule has 0 bridgehead atoms. The summed E-state index contributed by atoms with van der Waals surface area (Å²) in [5, 5.41) is 18.8. The molecule has 2 atom stereocenters. The molecule has 2 rings (SSSR count). The number of carbonyl (C=O) groups excluding carboxylic acids is 1. The van der Waals surface area contributed by atoms with Crippen LogP contribution in [-0.2, 0) is 4.79 Å². The molecular formula is C15H21NO4. The molecule has 2 unspecified atom stereocenters. The van der Waals surface area contributed by atoms with E-state index in [0.29, 0.717) is 6.61 Å². The molecule has 1 fully saturated rings. The van der Waals surface area contributed by atoms with Crippen molar-refractivity contribution in [2.75, 3.05) is 19.7 Å². The Labute approximate surface area is 118 Å². The van der Waals surface area contributed by atoms with E-state index in [1.807, 2.05) is 32.0 Å². The summed E-state index contributed by atoms with van der Waals surface area (Å²) in [6.45, 7) is 4.74. The van der Waals surface area contributed by atoms with Crippen LogP contribution in [0.4, 0.5) is 0 Å². The topological polar surface area (TPSA) is 70.0 Å². The van der Waals surface area contributed by atoms with E-state index in [2.05, 4.69) is 0 Å². The monoisotopic (exact) mass is 279 g/mol. The average Bonchev–Trinajstić information content (AvgIpc) is 2.74. The maximum absolute atomic E-state index is 11.9. The Morgan fingerprint density at radius 1 is 1.25 bits per heavy atom. The van der Waals surface area contributed by atoms with Crippen molar-refractivity contribution in [3.05, 3.63) is 29.3 Å². The number of β-amino-alcohol motifs (C(OH)–C–C–N with tert-alkyl or cyclic N) is 2. The van der Waals surface area contributed by atoms with E-state index in [1.54, 1.807) is 0 Å². The van der Waals surface area contributed by atoms with Crippen LogP contribution in [0.1, 0.15) is 17.5 Å². The van der Waals surface area contributed by atoms with Gasteiger partial charge in [-0.2, -0.15) is 0 Å². The standard InChI is InChI=1S/C15H21NO4/c1-10-3-4-12(7-11(10)2)20-6-5-15(19)16-8-13(17)14(18)9-16/h3-4,7,13-14,17-18H,5-6,8-9H2,1-2H3. The van der Waals surface area contributed by atoms with Gasteiger partial charge in [-0.15, -0.1) is 0 Å². The highest BCUT2D eigenvalue weighted by Gasteiger charge is 2.32. The minimum absolute atomic E-state index is 0.107. The lowest BCUT2D eigenvalue weighted by atomic mass is 10.1. The maximum atomic E-state index is 11.9. The number of rotatable bonds is 4. The van der Waals surface area contributed by atoms with Crippen molar-refractivity contribution < 1.29 is 19.7 Å². The lowest BCUT2D eigenvalue weighted by Gasteiger charge is -2.15. The van der Waals surface area contributed by atoms with Crippen molar-refractivity contribution in [2.24, 2.45) is 0 Å². The van der Waals surface area contributed by atoms with E-state index < -0.39 is 12.2 Å². The summed E-state index contributed by atoms with van der Waals surface area (Å²) in [5.74, 6) is 0.645. The van der Waals surface area contributed by atoms with E-state index in [9.17, 15) is 15.0 Å². The Bertz CT molecular complexity index is 479. The van der Waals surface area contributed by atoms with Crippen LogP contribution in [0.25, 0.3) is 0 Å². The minimum Gasteiger partial charge on any atom is -0.493 e. The van der Waals surface area contributed by atoms with Gasteiger partial charge in [-0.3, -0.25) is 4.79 Å². The van der Waals surface area contributed by atoms with Crippen LogP contribution in [0.2, 0.25) is 0 Å². The number of hydrogen-bond acceptors (Lipinski definition) is 4. The molecular weight excluding hydrogens is 258 g/mol. The number of aliphatic hydroxyl groups is 2. The van der Waals surface area contributed by atoms with Crippen LogP contribution in [0, 0.1) is 13.8 Å². The number of hydrogen-bond donors (Lipinski definition) is 2. The second-order valence-corrected chi connectivity index (χ2v) is 5.28. The molecule has 0 aliphatic carbocycles. The summed E-state index contributed by atoms with van der Waals surface area (Å²) in [6.07, 6.45) is -1.42. The van der Waals surface area contributed by atoms with Crippen molar-refractivity contribution in [3.63, 3.8) is 0 Å². The van der Waals surface area contributed by atoms with Crippen LogP contribution in [0.3, 0.4) is 0 Å². The van der Waals surface area contributed by atoms with E-state index in [4.69, 9.17) is 4.74 Å². The number of likely N-dealkylation sites (tertiary alicyclic amines) is 1. The molecule has 1 aromatic rings. The van der Waals surface area contributed by atoms with E-state index in [1.165, 1.54) is 10.5 Å². The first-order valence-electron chi connectivity index (χ1n) is 6.81. The SMILES string of the molecule is Cc1ccc(OCCC(=O)N2CC(O)C(O)C2)cc1C. The van der Waals surface area contributed by atoms with Gasteiger partial charge in [0.1, 0.15) is 5.75 Å². The largest absolute Gasteiger partial charge is 0.493 e. The number of ether oxygens (including phenoxy) is 1. The van der Waals surface area contributed by atoms with Crippen molar-refractivity contribution >= 4 is 5.91 Å². The molecule has 1 heterocycles. The number of nitrogens with zero attached hydrogens (tertiary/aromatic N) is 1. The molecule has 0 spiro atoms. The third kappa shape index (κ3) is 3.49. The highest BCUT2D eigenvalue weighted by Crippen LogP contribution is 2.17. The van der Waals surface area contributed by atoms with Crippen LogP contribution in [0.15, 0.2) is 18.2 Å². The zero-order valence-electron chi connectivity index (χ0n) is 11.9. The predicted molar refractivity (Wildman–Crippen MR) is 74.6 cm³/mol. The van der Waals surface area contributed by atoms with Crippen LogP contribution in [-0.4, -0.2) is 52.9 Å². The van der Waals surface area contributed by atoms with Crippen LogP contribution < -0.4 is 4.74 Å². The highest BCUT2D eigenvalue weighted by atomic mass is 16.5. The van der Waals surface area contributed by atoms with Crippen molar-refractivity contribution in [2.45, 2.75) is 32.5 Å². The lowest BCUT2D eigenvalue weighted by Crippen LogP contribution is -2.30. The van der Waals surface area contributed by atoms with E-state index in [-0.39, 0.29) is 25.4 Å². The van der Waals surface area contributed by atoms with Gasteiger partial charge < -0.3 is 19.8 Å². The molecule has 1 saturated heterocycles. The number of benzene rings is 1. The average molecular weight is 279 g/mol. The second-order valence-electron chi connectivity index (χ2n) is 5.28. The Morgan fingerprint density at radius 3 is 2.50 bits per heavy atom. The molecule has 0 radical (unpaired) electrons. The molecule has 0 aromatic heterocycles. The fourth-order valence-corrected chi connectivity index (χ4v) is 2.19. The number of aliphatic hydroxyl groups excluding tert-OH is 2. The fraction of sp³-hybridized carbons (Fsp3) is 0.533. The zero-order valence-corrected chi connectivity index (χ0v) is 11.9. The van der Waals surface area contributed by atoms with Crippen molar-refractivity contribution in [1.29, 1.82) is 0 Å². The van der Waals surface area contributed by atoms with Gasteiger partial charge in [0.2, 0.25) is 5.91 Å². The number of carbonyl (C=O) groups is 1. The molecule has 2 N–H and O–H groups in total. The summed E-state index contributed by atoms with van der Waals surface area (Å²) in [5.41, 5.74) is 2.35. The third-order valence-electron chi connectivity index (χ3n) is 3.67. The van der Waals surface area contributed by atoms with E-state index >= 15 is 0 Å². The molecule has 1 aliphatic heterocycles. The second kappa shape index (κ2) is 6.24. The Kier molecular flexibility index (Phi) is 4.62. The van der Waals surface area contributed by atoms with Crippen LogP contribution >= 0.6 is 0 Å². The van der Waals surface area contributed by atoms with Gasteiger partial charge in [0.25, 0.3) is 0 Å². The first-order valence-corrected chi connectivity index (χ1v) is 6.81. The molecule has 1 aliphatic rings. The van der Waals surface area contributed by atoms with Gasteiger partial charge in [0, 0.05) is 13.1 Å². The highest BCUT2D eigenvalue weighted by molar-refractivity contribution is 5.76. The molecule has 110 valence electrons. The molecule has 0 saturated carbocycles. The van der Waals surface area contributed by atoms with E-state index in [0.717, 1.165) is 11.3 Å². The van der Waals surface area contributed by atoms with Gasteiger partial charge in [-0.1, -0.05) is 6.07 Å². The summed E-state index contributed by atoms with van der Waals surface area (Å²) in [6, 6.07) is 5.82. The third-order valence-corrected chi connectivity index (χ3v) is 3.67. The number of aryl methyl sites for hydroxylation is 2. The summed E-state index contributed by atoms with van der Waals surface area (Å²) < 4.78 is 5.55. The predicted octanol–water partition coefficient (Wildman–Crippen LogP) is 0.636. The van der Waals surface area contributed by atoms with Crippen LogP contribution in [0.5, 0.6) is 5.75 Å².